The van der Waals surface area contributed by atoms with Crippen LogP contribution in [0.3, 0.4) is 0 Å². The molecule has 1 aromatic carbocycles. The van der Waals surface area contributed by atoms with Crippen LogP contribution in [0.25, 0.3) is 11.1 Å². The van der Waals surface area contributed by atoms with Gasteiger partial charge in [0.25, 0.3) is 5.22 Å². The summed E-state index contributed by atoms with van der Waals surface area (Å²) in [5, 5.41) is 3.36. The third-order valence-corrected chi connectivity index (χ3v) is 3.58. The van der Waals surface area contributed by atoms with Crippen molar-refractivity contribution in [3.05, 3.63) is 48.3 Å². The first kappa shape index (κ1) is 12.8. The molecule has 2 heterocycles. The molecule has 3 rings (SSSR count). The summed E-state index contributed by atoms with van der Waals surface area (Å²) in [7, 11) is 0. The summed E-state index contributed by atoms with van der Waals surface area (Å²) in [5.41, 5.74) is 2.59. The third kappa shape index (κ3) is 3.03. The quantitative estimate of drug-likeness (QED) is 0.707. The monoisotopic (exact) mass is 287 g/mol. The number of H-pyrrole nitrogens is 1. The van der Waals surface area contributed by atoms with Crippen LogP contribution in [0.1, 0.15) is 5.56 Å². The molecule has 0 saturated heterocycles. The molecule has 0 unspecified atom stereocenters. The lowest BCUT2D eigenvalue weighted by molar-refractivity contribution is -0.118. The Hall–Kier alpha value is -2.21. The summed E-state index contributed by atoms with van der Waals surface area (Å²) in [5.74, 6) is 0.246. The summed E-state index contributed by atoms with van der Waals surface area (Å²) in [6.45, 7) is 0.524. The normalized spacial score (nSPS) is 10.8. The number of oxazole rings is 1. The average Bonchev–Trinajstić information content (AvgIpc) is 3.11. The zero-order chi connectivity index (χ0) is 13.8. The number of benzene rings is 1. The Morgan fingerprint density at radius 3 is 3.05 bits per heavy atom. The van der Waals surface area contributed by atoms with E-state index in [0.29, 0.717) is 11.8 Å². The van der Waals surface area contributed by atoms with Gasteiger partial charge >= 0.3 is 0 Å². The number of hydrogen-bond acceptors (Lipinski definition) is 4. The lowest BCUT2D eigenvalue weighted by Gasteiger charge is -2.01. The molecule has 0 aliphatic carbocycles. The summed E-state index contributed by atoms with van der Waals surface area (Å²) in [6.07, 6.45) is 3.68. The summed E-state index contributed by atoms with van der Waals surface area (Å²) < 4.78 is 5.54. The number of nitrogens with one attached hydrogen (secondary N) is 2. The molecule has 20 heavy (non-hydrogen) atoms. The number of fused-ring (bicyclic) bond motifs is 1. The van der Waals surface area contributed by atoms with Crippen LogP contribution in [0, 0.1) is 0 Å². The highest BCUT2D eigenvalue weighted by atomic mass is 32.2. The second-order valence-electron chi connectivity index (χ2n) is 4.23. The highest BCUT2D eigenvalue weighted by Gasteiger charge is 2.08. The minimum atomic E-state index is -0.0431. The number of para-hydroxylation sites is 2. The first-order valence-electron chi connectivity index (χ1n) is 6.18. The maximum absolute atomic E-state index is 11.7. The van der Waals surface area contributed by atoms with Crippen molar-refractivity contribution >= 4 is 28.8 Å². The molecular formula is C14H13N3O2S. The fraction of sp³-hybridized carbons (Fsp3) is 0.143. The van der Waals surface area contributed by atoms with Crippen molar-refractivity contribution in [2.24, 2.45) is 0 Å². The summed E-state index contributed by atoms with van der Waals surface area (Å²) >= 11 is 1.29. The molecular weight excluding hydrogens is 274 g/mol. The number of hydrogen-bond donors (Lipinski definition) is 2. The Morgan fingerprint density at radius 1 is 1.35 bits per heavy atom. The Bertz CT molecular complexity index is 673. The first-order valence-corrected chi connectivity index (χ1v) is 7.16. The molecule has 5 nitrogen and oxygen atoms in total. The largest absolute Gasteiger partial charge is 0.431 e. The molecule has 0 aliphatic rings. The molecule has 3 aromatic rings. The molecule has 0 atom stereocenters. The van der Waals surface area contributed by atoms with Gasteiger partial charge in [-0.15, -0.1) is 0 Å². The summed E-state index contributed by atoms with van der Waals surface area (Å²) in [4.78, 5) is 19.0. The highest BCUT2D eigenvalue weighted by molar-refractivity contribution is 7.99. The van der Waals surface area contributed by atoms with Crippen LogP contribution in [-0.4, -0.2) is 21.6 Å². The Balaban J connectivity index is 1.52. The van der Waals surface area contributed by atoms with Crippen LogP contribution in [0.2, 0.25) is 0 Å². The molecule has 0 saturated carbocycles. The number of amides is 1. The Morgan fingerprint density at radius 2 is 2.25 bits per heavy atom. The molecule has 6 heteroatoms. The van der Waals surface area contributed by atoms with Crippen LogP contribution < -0.4 is 5.32 Å². The van der Waals surface area contributed by atoms with E-state index in [4.69, 9.17) is 4.42 Å². The van der Waals surface area contributed by atoms with E-state index in [2.05, 4.69) is 15.3 Å². The fourth-order valence-electron chi connectivity index (χ4n) is 1.76. The number of aromatic nitrogens is 2. The van der Waals surface area contributed by atoms with Crippen LogP contribution in [-0.2, 0) is 11.3 Å². The van der Waals surface area contributed by atoms with Crippen LogP contribution in [0.15, 0.2) is 52.4 Å². The van der Waals surface area contributed by atoms with Crippen molar-refractivity contribution in [2.45, 2.75) is 11.8 Å². The molecule has 0 aliphatic heterocycles. The second-order valence-corrected chi connectivity index (χ2v) is 5.16. The SMILES string of the molecule is O=C(CSc1nc2ccccc2o1)NCc1cc[nH]c1. The number of thioether (sulfide) groups is 1. The number of aromatic amines is 1. The van der Waals surface area contributed by atoms with Crippen LogP contribution in [0.4, 0.5) is 0 Å². The second kappa shape index (κ2) is 5.83. The van der Waals surface area contributed by atoms with E-state index >= 15 is 0 Å². The van der Waals surface area contributed by atoms with Crippen molar-refractivity contribution in [2.75, 3.05) is 5.75 Å². The van der Waals surface area contributed by atoms with E-state index in [9.17, 15) is 4.79 Å². The molecule has 2 aromatic heterocycles. The number of carbonyl (C=O) groups excluding carboxylic acids is 1. The molecule has 0 fully saturated rings. The van der Waals surface area contributed by atoms with E-state index in [0.717, 1.165) is 16.7 Å². The van der Waals surface area contributed by atoms with Crippen molar-refractivity contribution in [1.29, 1.82) is 0 Å². The van der Waals surface area contributed by atoms with Crippen LogP contribution in [0.5, 0.6) is 0 Å². The molecule has 0 radical (unpaired) electrons. The Labute approximate surface area is 119 Å². The summed E-state index contributed by atoms with van der Waals surface area (Å²) in [6, 6.07) is 9.47. The average molecular weight is 287 g/mol. The predicted octanol–water partition coefficient (Wildman–Crippen LogP) is 2.56. The van der Waals surface area contributed by atoms with Crippen molar-refractivity contribution in [1.82, 2.24) is 15.3 Å². The van der Waals surface area contributed by atoms with Gasteiger partial charge in [-0.05, 0) is 23.8 Å². The van der Waals surface area contributed by atoms with Gasteiger partial charge in [0.15, 0.2) is 5.58 Å². The fourth-order valence-corrected chi connectivity index (χ4v) is 2.43. The highest BCUT2D eigenvalue weighted by Crippen LogP contribution is 2.22. The zero-order valence-electron chi connectivity index (χ0n) is 10.6. The van der Waals surface area contributed by atoms with E-state index in [-0.39, 0.29) is 11.7 Å². The van der Waals surface area contributed by atoms with Crippen molar-refractivity contribution in [3.63, 3.8) is 0 Å². The number of rotatable bonds is 5. The van der Waals surface area contributed by atoms with Gasteiger partial charge in [-0.1, -0.05) is 23.9 Å². The number of nitrogens with zero attached hydrogens (tertiary/aromatic N) is 1. The predicted molar refractivity (Wildman–Crippen MR) is 77.4 cm³/mol. The van der Waals surface area contributed by atoms with Gasteiger partial charge < -0.3 is 14.7 Å². The smallest absolute Gasteiger partial charge is 0.257 e. The standard InChI is InChI=1S/C14H13N3O2S/c18-13(16-8-10-5-6-15-7-10)9-20-14-17-11-3-1-2-4-12(11)19-14/h1-7,15H,8-9H2,(H,16,18). The minimum absolute atomic E-state index is 0.0431. The van der Waals surface area contributed by atoms with Crippen LogP contribution >= 0.6 is 11.8 Å². The first-order chi connectivity index (χ1) is 9.81. The van der Waals surface area contributed by atoms with Crippen molar-refractivity contribution in [3.8, 4) is 0 Å². The topological polar surface area (TPSA) is 70.9 Å². The molecule has 1 amide bonds. The number of carbonyl (C=O) groups is 1. The van der Waals surface area contributed by atoms with Gasteiger partial charge in [-0.3, -0.25) is 4.79 Å². The van der Waals surface area contributed by atoms with Gasteiger partial charge in [-0.25, -0.2) is 4.98 Å². The third-order valence-electron chi connectivity index (χ3n) is 2.75. The van der Waals surface area contributed by atoms with Gasteiger partial charge in [-0.2, -0.15) is 0 Å². The molecule has 2 N–H and O–H groups in total. The molecule has 102 valence electrons. The molecule has 0 spiro atoms. The van der Waals surface area contributed by atoms with Gasteiger partial charge in [0, 0.05) is 18.9 Å². The lowest BCUT2D eigenvalue weighted by atomic mass is 10.3. The molecule has 0 bridgehead atoms. The van der Waals surface area contributed by atoms with Gasteiger partial charge in [0.05, 0.1) is 5.75 Å². The lowest BCUT2D eigenvalue weighted by Crippen LogP contribution is -2.24. The van der Waals surface area contributed by atoms with Gasteiger partial charge in [0.1, 0.15) is 5.52 Å². The maximum Gasteiger partial charge on any atom is 0.257 e. The minimum Gasteiger partial charge on any atom is -0.431 e. The maximum atomic E-state index is 11.7. The zero-order valence-corrected chi connectivity index (χ0v) is 11.4. The van der Waals surface area contributed by atoms with E-state index < -0.39 is 0 Å². The van der Waals surface area contributed by atoms with Crippen molar-refractivity contribution < 1.29 is 9.21 Å². The van der Waals surface area contributed by atoms with E-state index in [1.165, 1.54) is 11.8 Å². The van der Waals surface area contributed by atoms with E-state index in [1.54, 1.807) is 0 Å². The van der Waals surface area contributed by atoms with Gasteiger partial charge in [0.2, 0.25) is 5.91 Å². The van der Waals surface area contributed by atoms with E-state index in [1.807, 2.05) is 42.7 Å². The Kier molecular flexibility index (Phi) is 3.73.